The maximum absolute atomic E-state index is 12.2. The molecule has 0 amide bonds. The first-order chi connectivity index (χ1) is 24.1. The van der Waals surface area contributed by atoms with Crippen LogP contribution >= 0.6 is 22.7 Å². The van der Waals surface area contributed by atoms with E-state index >= 15 is 0 Å². The third kappa shape index (κ3) is 8.26. The number of allylic oxidation sites excluding steroid dienone is 2. The molecule has 52 heavy (non-hydrogen) atoms. The molecule has 0 aliphatic rings. The summed E-state index contributed by atoms with van der Waals surface area (Å²) in [6, 6.07) is 21.5. The molecule has 3 aromatic heterocycles. The second kappa shape index (κ2) is 16.6. The number of aliphatic hydroxyl groups is 1. The molecule has 0 bridgehead atoms. The van der Waals surface area contributed by atoms with E-state index in [9.17, 15) is 9.90 Å². The molecule has 279 valence electrons. The number of ketones is 1. The number of carbonyl (C=O) groups excluding carboxylic acids is 1. The van der Waals surface area contributed by atoms with Gasteiger partial charge >= 0.3 is 0 Å². The summed E-state index contributed by atoms with van der Waals surface area (Å²) in [5.41, 5.74) is 4.38. The average Bonchev–Trinajstić information content (AvgIpc) is 3.71. The summed E-state index contributed by atoms with van der Waals surface area (Å²) in [6.07, 6.45) is 7.85. The van der Waals surface area contributed by atoms with Crippen molar-refractivity contribution < 1.29 is 30.0 Å². The van der Waals surface area contributed by atoms with Crippen LogP contribution in [0.3, 0.4) is 0 Å². The maximum atomic E-state index is 12.2. The van der Waals surface area contributed by atoms with Crippen molar-refractivity contribution in [3.63, 3.8) is 0 Å². The van der Waals surface area contributed by atoms with Crippen LogP contribution in [0, 0.1) is 22.8 Å². The zero-order valence-electron chi connectivity index (χ0n) is 32.9. The summed E-state index contributed by atoms with van der Waals surface area (Å²) >= 11 is 3.78. The van der Waals surface area contributed by atoms with Crippen LogP contribution in [0.15, 0.2) is 71.9 Å². The Balaban J connectivity index is 0.000000289. The fourth-order valence-corrected chi connectivity index (χ4v) is 9.29. The topological polar surface area (TPSA) is 50.2 Å². The first kappa shape index (κ1) is 41.9. The number of pyridine rings is 1. The third-order valence-corrected chi connectivity index (χ3v) is 13.7. The van der Waals surface area contributed by atoms with Crippen LogP contribution in [-0.4, -0.2) is 15.9 Å². The Hall–Kier alpha value is -2.89. The van der Waals surface area contributed by atoms with E-state index in [0.29, 0.717) is 5.92 Å². The molecule has 3 heterocycles. The molecule has 1 N–H and O–H groups in total. The van der Waals surface area contributed by atoms with Gasteiger partial charge in [0, 0.05) is 59.0 Å². The van der Waals surface area contributed by atoms with E-state index in [2.05, 4.69) is 94.6 Å². The van der Waals surface area contributed by atoms with Gasteiger partial charge < -0.3 is 5.11 Å². The quantitative estimate of drug-likeness (QED) is 0.0846. The van der Waals surface area contributed by atoms with Crippen molar-refractivity contribution >= 4 is 69.5 Å². The number of aromatic nitrogens is 1. The minimum atomic E-state index is -0.337. The Morgan fingerprint density at radius 1 is 0.827 bits per heavy atom. The minimum absolute atomic E-state index is 0. The third-order valence-electron chi connectivity index (χ3n) is 11.2. The van der Waals surface area contributed by atoms with Crippen LogP contribution < -0.4 is 0 Å². The smallest absolute Gasteiger partial charge is 0.164 e. The van der Waals surface area contributed by atoms with Gasteiger partial charge in [-0.15, -0.1) is 51.8 Å². The van der Waals surface area contributed by atoms with Crippen molar-refractivity contribution in [1.82, 2.24) is 4.98 Å². The molecule has 1 radical (unpaired) electrons. The molecule has 3 nitrogen and oxygen atoms in total. The Labute approximate surface area is 333 Å². The van der Waals surface area contributed by atoms with Gasteiger partial charge in [0.05, 0.1) is 9.40 Å². The van der Waals surface area contributed by atoms with E-state index in [4.69, 9.17) is 4.98 Å². The number of fused-ring (bicyclic) bond motifs is 6. The fraction of sp³-hybridized carbons (Fsp3) is 0.435. The van der Waals surface area contributed by atoms with E-state index in [-0.39, 0.29) is 47.9 Å². The van der Waals surface area contributed by atoms with Gasteiger partial charge in [-0.2, -0.15) is 0 Å². The summed E-state index contributed by atoms with van der Waals surface area (Å²) in [6.45, 7) is 23.5. The first-order valence-electron chi connectivity index (χ1n) is 18.7. The van der Waals surface area contributed by atoms with Crippen molar-refractivity contribution in [3.8, 4) is 11.3 Å². The molecule has 0 fully saturated rings. The Morgan fingerprint density at radius 3 is 2.06 bits per heavy atom. The number of benzene rings is 3. The van der Waals surface area contributed by atoms with E-state index in [1.54, 1.807) is 0 Å². The predicted octanol–water partition coefficient (Wildman–Crippen LogP) is 14.4. The van der Waals surface area contributed by atoms with Gasteiger partial charge in [-0.3, -0.25) is 9.78 Å². The molecule has 3 aromatic carbocycles. The normalized spacial score (nSPS) is 12.8. The second-order valence-electron chi connectivity index (χ2n) is 16.1. The van der Waals surface area contributed by atoms with Crippen molar-refractivity contribution in [2.75, 3.05) is 0 Å². The van der Waals surface area contributed by atoms with Crippen LogP contribution in [0.25, 0.3) is 52.3 Å². The number of thiophene rings is 2. The second-order valence-corrected chi connectivity index (χ2v) is 18.0. The van der Waals surface area contributed by atoms with Gasteiger partial charge in [0.2, 0.25) is 0 Å². The number of rotatable bonds is 10. The molecular formula is C46H56IrNO2S2-. The number of nitrogens with zero attached hydrogens (tertiary/aromatic N) is 1. The van der Waals surface area contributed by atoms with Gasteiger partial charge in [-0.25, -0.2) is 0 Å². The Kier molecular flexibility index (Phi) is 13.4. The summed E-state index contributed by atoms with van der Waals surface area (Å²) in [5, 5.41) is 19.0. The number of aliphatic hydroxyl groups excluding tert-OH is 1. The van der Waals surface area contributed by atoms with Crippen molar-refractivity contribution in [1.29, 1.82) is 0 Å². The summed E-state index contributed by atoms with van der Waals surface area (Å²) in [5.74, 6) is 0.945. The van der Waals surface area contributed by atoms with E-state index < -0.39 is 0 Å². The molecule has 0 unspecified atom stereocenters. The molecule has 0 aliphatic heterocycles. The summed E-state index contributed by atoms with van der Waals surface area (Å²) in [7, 11) is 0. The monoisotopic (exact) mass is 911 g/mol. The van der Waals surface area contributed by atoms with Gasteiger partial charge in [0.25, 0.3) is 0 Å². The molecule has 0 spiro atoms. The Morgan fingerprint density at radius 2 is 1.44 bits per heavy atom. The van der Waals surface area contributed by atoms with E-state index in [1.165, 1.54) is 52.8 Å². The van der Waals surface area contributed by atoms with E-state index in [1.807, 2.05) is 70.4 Å². The molecule has 0 atom stereocenters. The van der Waals surface area contributed by atoms with Crippen molar-refractivity contribution in [2.45, 2.75) is 114 Å². The molecule has 6 heteroatoms. The first-order valence-corrected chi connectivity index (χ1v) is 20.4. The largest absolute Gasteiger partial charge is 0.512 e. The zero-order chi connectivity index (χ0) is 37.3. The van der Waals surface area contributed by atoms with Crippen LogP contribution in [0.1, 0.15) is 113 Å². The van der Waals surface area contributed by atoms with Gasteiger partial charge in [0.1, 0.15) is 5.76 Å². The fourth-order valence-electron chi connectivity index (χ4n) is 6.76. The molecular weight excluding hydrogens is 855 g/mol. The predicted molar refractivity (Wildman–Crippen MR) is 225 cm³/mol. The standard InChI is InChI=1S/C31H28NS2.C15H28O2.Ir/c1-18(2)14-21-17-33-29-23(21)10-11-24-25-12-13-32-27(28(25)34-30(24)29)20-15-19-8-6-7-9-22(19)26(16-20)31(3,4)5;1-7-14(5,8-2)12(16)11-13(17)15(6,9-3)10-4;/h6-13,16-18H,14H2,1-5H3;11,16H,7-10H2,1-6H3;/q-1;;/b;12-11-;. The van der Waals surface area contributed by atoms with Crippen LogP contribution in [0.5, 0.6) is 0 Å². The maximum Gasteiger partial charge on any atom is 0.164 e. The average molecular weight is 911 g/mol. The SMILES string of the molecule is CC(C)Cc1csc2c1ccc1c3ccnc(-c4[c-]c5ccccc5c(C(C)(C)C)c4)c3sc12.CCC(C)(CC)C(=O)/C=C(\O)C(C)(CC)CC.[Ir]. The molecule has 0 saturated carbocycles. The molecule has 6 rings (SSSR count). The summed E-state index contributed by atoms with van der Waals surface area (Å²) in [4.78, 5) is 17.1. The molecule has 0 saturated heterocycles. The van der Waals surface area contributed by atoms with Crippen LogP contribution in [0.2, 0.25) is 0 Å². The molecule has 0 aliphatic carbocycles. The Bertz CT molecular complexity index is 2210. The summed E-state index contributed by atoms with van der Waals surface area (Å²) < 4.78 is 4.06. The van der Waals surface area contributed by atoms with Crippen LogP contribution in [0.4, 0.5) is 0 Å². The van der Waals surface area contributed by atoms with Crippen LogP contribution in [-0.2, 0) is 36.7 Å². The van der Waals surface area contributed by atoms with Crippen molar-refractivity contribution in [2.24, 2.45) is 16.7 Å². The minimum Gasteiger partial charge on any atom is -0.512 e. The van der Waals surface area contributed by atoms with Crippen molar-refractivity contribution in [3.05, 3.63) is 89.1 Å². The molecule has 6 aromatic rings. The number of hydrogen-bond donors (Lipinski definition) is 1. The van der Waals surface area contributed by atoms with Gasteiger partial charge in [-0.1, -0.05) is 117 Å². The number of hydrogen-bond acceptors (Lipinski definition) is 5. The van der Waals surface area contributed by atoms with E-state index in [0.717, 1.165) is 48.7 Å². The number of carbonyl (C=O) groups is 1. The van der Waals surface area contributed by atoms with Gasteiger partial charge in [0.15, 0.2) is 5.78 Å². The van der Waals surface area contributed by atoms with Gasteiger partial charge in [-0.05, 0) is 71.2 Å². The zero-order valence-corrected chi connectivity index (χ0v) is 36.9.